The quantitative estimate of drug-likeness (QED) is 0.862. The fraction of sp³-hybridized carbons (Fsp3) is 0.615. The lowest BCUT2D eigenvalue weighted by Gasteiger charge is -2.19. The summed E-state index contributed by atoms with van der Waals surface area (Å²) in [6, 6.07) is 1.48. The Hall–Kier alpha value is -0.650. The zero-order valence-electron chi connectivity index (χ0n) is 11.4. The van der Waals surface area contributed by atoms with Crippen LogP contribution in [0.25, 0.3) is 0 Å². The molecule has 1 atom stereocenters. The molecule has 2 rings (SSSR count). The Bertz CT molecular complexity index is 572. The van der Waals surface area contributed by atoms with Crippen molar-refractivity contribution in [1.29, 1.82) is 0 Å². The number of aryl methyl sites for hydroxylation is 1. The fourth-order valence-corrected chi connectivity index (χ4v) is 4.40. The summed E-state index contributed by atoms with van der Waals surface area (Å²) in [6.45, 7) is 7.12. The molecule has 2 heterocycles. The lowest BCUT2D eigenvalue weighted by molar-refractivity contribution is 0.388. The number of rotatable bonds is 3. The van der Waals surface area contributed by atoms with Gasteiger partial charge in [-0.15, -0.1) is 0 Å². The Kier molecular flexibility index (Phi) is 4.18. The molecule has 0 radical (unpaired) electrons. The fourth-order valence-electron chi connectivity index (χ4n) is 2.38. The number of aromatic nitrogens is 1. The van der Waals surface area contributed by atoms with E-state index < -0.39 is 10.0 Å². The van der Waals surface area contributed by atoms with Gasteiger partial charge in [0.05, 0.1) is 10.7 Å². The Labute approximate surface area is 119 Å². The maximum atomic E-state index is 12.6. The summed E-state index contributed by atoms with van der Waals surface area (Å²) in [6.07, 6.45) is 2.41. The molecule has 0 N–H and O–H groups in total. The van der Waals surface area contributed by atoms with Crippen molar-refractivity contribution in [1.82, 2.24) is 9.29 Å². The van der Waals surface area contributed by atoms with Gasteiger partial charge in [0.1, 0.15) is 4.90 Å². The molecule has 0 spiro atoms. The van der Waals surface area contributed by atoms with Gasteiger partial charge < -0.3 is 0 Å². The van der Waals surface area contributed by atoms with Crippen LogP contribution in [-0.2, 0) is 10.0 Å². The highest BCUT2D eigenvalue weighted by Crippen LogP contribution is 2.31. The highest BCUT2D eigenvalue weighted by atomic mass is 35.5. The van der Waals surface area contributed by atoms with Crippen LogP contribution in [0.3, 0.4) is 0 Å². The van der Waals surface area contributed by atoms with Crippen LogP contribution >= 0.6 is 11.6 Å². The third-order valence-electron chi connectivity index (χ3n) is 3.78. The molecule has 4 nitrogen and oxygen atoms in total. The van der Waals surface area contributed by atoms with Crippen molar-refractivity contribution in [3.8, 4) is 0 Å². The van der Waals surface area contributed by atoms with Crippen LogP contribution in [0.1, 0.15) is 26.0 Å². The number of halogens is 1. The summed E-state index contributed by atoms with van der Waals surface area (Å²) < 4.78 is 26.7. The van der Waals surface area contributed by atoms with Crippen molar-refractivity contribution in [3.63, 3.8) is 0 Å². The predicted molar refractivity (Wildman–Crippen MR) is 75.7 cm³/mol. The summed E-state index contributed by atoms with van der Waals surface area (Å²) in [5.74, 6) is 0.923. The zero-order chi connectivity index (χ0) is 14.2. The van der Waals surface area contributed by atoms with Gasteiger partial charge in [0.25, 0.3) is 0 Å². The van der Waals surface area contributed by atoms with E-state index >= 15 is 0 Å². The molecule has 0 aromatic carbocycles. The Morgan fingerprint density at radius 1 is 1.47 bits per heavy atom. The van der Waals surface area contributed by atoms with Crippen molar-refractivity contribution in [2.45, 2.75) is 32.1 Å². The van der Waals surface area contributed by atoms with Crippen LogP contribution in [0.5, 0.6) is 0 Å². The van der Waals surface area contributed by atoms with Crippen LogP contribution in [-0.4, -0.2) is 30.8 Å². The monoisotopic (exact) mass is 302 g/mol. The van der Waals surface area contributed by atoms with E-state index in [0.717, 1.165) is 6.42 Å². The summed E-state index contributed by atoms with van der Waals surface area (Å²) in [5.41, 5.74) is 0.544. The van der Waals surface area contributed by atoms with E-state index in [-0.39, 0.29) is 9.92 Å². The van der Waals surface area contributed by atoms with Gasteiger partial charge >= 0.3 is 0 Å². The van der Waals surface area contributed by atoms with E-state index in [1.54, 1.807) is 11.2 Å². The molecule has 0 bridgehead atoms. The van der Waals surface area contributed by atoms with Gasteiger partial charge in [-0.25, -0.2) is 8.42 Å². The number of nitrogens with zero attached hydrogens (tertiary/aromatic N) is 2. The molecule has 1 aromatic heterocycles. The topological polar surface area (TPSA) is 50.3 Å². The van der Waals surface area contributed by atoms with Gasteiger partial charge in [-0.2, -0.15) is 4.31 Å². The molecular weight excluding hydrogens is 284 g/mol. The largest absolute Gasteiger partial charge is 0.260 e. The smallest absolute Gasteiger partial charge is 0.244 e. The Balaban J connectivity index is 2.31. The van der Waals surface area contributed by atoms with Crippen LogP contribution < -0.4 is 0 Å². The van der Waals surface area contributed by atoms with Crippen LogP contribution in [0.2, 0.25) is 5.02 Å². The van der Waals surface area contributed by atoms with E-state index in [1.165, 1.54) is 12.3 Å². The molecule has 0 saturated carbocycles. The maximum absolute atomic E-state index is 12.6. The zero-order valence-corrected chi connectivity index (χ0v) is 13.0. The molecule has 1 aromatic rings. The van der Waals surface area contributed by atoms with Crippen molar-refractivity contribution >= 4 is 21.6 Å². The SMILES string of the molecule is Cc1nccc(S(=O)(=O)N2CCC(C(C)C)C2)c1Cl. The molecule has 0 aliphatic carbocycles. The van der Waals surface area contributed by atoms with Crippen molar-refractivity contribution in [2.75, 3.05) is 13.1 Å². The summed E-state index contributed by atoms with van der Waals surface area (Å²) in [5, 5.41) is 0.232. The van der Waals surface area contributed by atoms with Gasteiger partial charge in [0.15, 0.2) is 0 Å². The summed E-state index contributed by atoms with van der Waals surface area (Å²) in [7, 11) is -3.50. The summed E-state index contributed by atoms with van der Waals surface area (Å²) >= 11 is 6.09. The van der Waals surface area contributed by atoms with Crippen LogP contribution in [0, 0.1) is 18.8 Å². The van der Waals surface area contributed by atoms with E-state index in [2.05, 4.69) is 18.8 Å². The minimum Gasteiger partial charge on any atom is -0.260 e. The second kappa shape index (κ2) is 5.38. The van der Waals surface area contributed by atoms with Crippen LogP contribution in [0.15, 0.2) is 17.2 Å². The Morgan fingerprint density at radius 3 is 2.74 bits per heavy atom. The lowest BCUT2D eigenvalue weighted by atomic mass is 9.96. The number of hydrogen-bond donors (Lipinski definition) is 0. The van der Waals surface area contributed by atoms with E-state index in [9.17, 15) is 8.42 Å². The predicted octanol–water partition coefficient (Wildman–Crippen LogP) is 2.71. The normalized spacial score (nSPS) is 21.2. The van der Waals surface area contributed by atoms with Gasteiger partial charge in [-0.1, -0.05) is 25.4 Å². The molecule has 19 heavy (non-hydrogen) atoms. The first-order valence-electron chi connectivity index (χ1n) is 6.45. The first kappa shape index (κ1) is 14.8. The third-order valence-corrected chi connectivity index (χ3v) is 6.27. The van der Waals surface area contributed by atoms with E-state index in [1.807, 2.05) is 0 Å². The standard InChI is InChI=1S/C13H19ClN2O2S/c1-9(2)11-5-7-16(8-11)19(17,18)12-4-6-15-10(3)13(12)14/h4,6,9,11H,5,7-8H2,1-3H3. The first-order chi connectivity index (χ1) is 8.84. The van der Waals surface area contributed by atoms with Gasteiger partial charge in [0.2, 0.25) is 10.0 Å². The molecule has 1 aliphatic heterocycles. The Morgan fingerprint density at radius 2 is 2.16 bits per heavy atom. The molecule has 1 fully saturated rings. The van der Waals surface area contributed by atoms with Crippen molar-refractivity contribution < 1.29 is 8.42 Å². The second-order valence-corrected chi connectivity index (χ2v) is 7.65. The number of sulfonamides is 1. The van der Waals surface area contributed by atoms with Gasteiger partial charge in [-0.3, -0.25) is 4.98 Å². The lowest BCUT2D eigenvalue weighted by Crippen LogP contribution is -2.29. The first-order valence-corrected chi connectivity index (χ1v) is 8.27. The molecule has 1 aliphatic rings. The highest BCUT2D eigenvalue weighted by molar-refractivity contribution is 7.89. The highest BCUT2D eigenvalue weighted by Gasteiger charge is 2.35. The van der Waals surface area contributed by atoms with Gasteiger partial charge in [0, 0.05) is 19.3 Å². The minimum absolute atomic E-state index is 0.172. The minimum atomic E-state index is -3.50. The number of hydrogen-bond acceptors (Lipinski definition) is 3. The molecule has 1 unspecified atom stereocenters. The van der Waals surface area contributed by atoms with E-state index in [4.69, 9.17) is 11.6 Å². The second-order valence-electron chi connectivity index (χ2n) is 5.36. The van der Waals surface area contributed by atoms with Crippen molar-refractivity contribution in [2.24, 2.45) is 11.8 Å². The number of pyridine rings is 1. The molecular formula is C13H19ClN2O2S. The molecule has 106 valence electrons. The van der Waals surface area contributed by atoms with Crippen molar-refractivity contribution in [3.05, 3.63) is 23.0 Å². The average Bonchev–Trinajstić information content (AvgIpc) is 2.82. The van der Waals surface area contributed by atoms with E-state index in [0.29, 0.717) is 30.6 Å². The van der Waals surface area contributed by atoms with Crippen LogP contribution in [0.4, 0.5) is 0 Å². The molecule has 0 amide bonds. The van der Waals surface area contributed by atoms with Gasteiger partial charge in [-0.05, 0) is 31.2 Å². The third kappa shape index (κ3) is 2.78. The summed E-state index contributed by atoms with van der Waals surface area (Å²) in [4.78, 5) is 4.18. The molecule has 1 saturated heterocycles. The molecule has 6 heteroatoms. The maximum Gasteiger partial charge on any atom is 0.244 e. The average molecular weight is 303 g/mol.